The van der Waals surface area contributed by atoms with Crippen LogP contribution >= 0.6 is 0 Å². The summed E-state index contributed by atoms with van der Waals surface area (Å²) in [6, 6.07) is 7.93. The van der Waals surface area contributed by atoms with E-state index in [0.29, 0.717) is 6.61 Å². The van der Waals surface area contributed by atoms with Gasteiger partial charge in [-0.15, -0.1) is 0 Å². The topological polar surface area (TPSA) is 71.6 Å². The first-order valence-electron chi connectivity index (χ1n) is 7.40. The van der Waals surface area contributed by atoms with E-state index in [0.717, 1.165) is 48.2 Å². The minimum absolute atomic E-state index is 0.0900. The van der Waals surface area contributed by atoms with Gasteiger partial charge in [0.1, 0.15) is 0 Å². The van der Waals surface area contributed by atoms with E-state index in [4.69, 9.17) is 15.6 Å². The van der Waals surface area contributed by atoms with Crippen LogP contribution in [0.3, 0.4) is 0 Å². The molecule has 0 unspecified atom stereocenters. The normalized spacial score (nSPS) is 16.5. The molecule has 112 valence electrons. The van der Waals surface area contributed by atoms with Crippen LogP contribution in [0.2, 0.25) is 0 Å². The standard InChI is InChI=1S/C16H21N3O2/c17-14-3-4-15(16-13(14)2-1-7-18-16)19-8-5-12(6-9-19)21-11-10-20/h1-4,7,12,20H,5-6,8-11,17H2. The Bertz CT molecular complexity index is 609. The van der Waals surface area contributed by atoms with E-state index in [-0.39, 0.29) is 12.7 Å². The number of aromatic nitrogens is 1. The van der Waals surface area contributed by atoms with Crippen molar-refractivity contribution in [3.8, 4) is 0 Å². The Balaban J connectivity index is 1.78. The zero-order valence-corrected chi connectivity index (χ0v) is 12.0. The van der Waals surface area contributed by atoms with Crippen LogP contribution in [0.5, 0.6) is 0 Å². The first-order chi connectivity index (χ1) is 10.3. The second-order valence-corrected chi connectivity index (χ2v) is 5.35. The third kappa shape index (κ3) is 2.94. The fourth-order valence-electron chi connectivity index (χ4n) is 2.92. The van der Waals surface area contributed by atoms with Gasteiger partial charge in [-0.1, -0.05) is 0 Å². The van der Waals surface area contributed by atoms with Crippen LogP contribution in [0.25, 0.3) is 10.9 Å². The Morgan fingerprint density at radius 2 is 2.10 bits per heavy atom. The molecular weight excluding hydrogens is 266 g/mol. The van der Waals surface area contributed by atoms with Gasteiger partial charge in [-0.05, 0) is 37.1 Å². The van der Waals surface area contributed by atoms with Crippen molar-refractivity contribution in [2.75, 3.05) is 36.9 Å². The molecule has 0 spiro atoms. The van der Waals surface area contributed by atoms with Gasteiger partial charge in [0.05, 0.1) is 30.5 Å². The highest BCUT2D eigenvalue weighted by Crippen LogP contribution is 2.31. The van der Waals surface area contributed by atoms with Crippen LogP contribution < -0.4 is 10.6 Å². The lowest BCUT2D eigenvalue weighted by Gasteiger charge is -2.34. The molecular formula is C16H21N3O2. The maximum atomic E-state index is 8.82. The average molecular weight is 287 g/mol. The summed E-state index contributed by atoms with van der Waals surface area (Å²) in [5.74, 6) is 0. The van der Waals surface area contributed by atoms with Gasteiger partial charge in [0.2, 0.25) is 0 Å². The van der Waals surface area contributed by atoms with Crippen molar-refractivity contribution in [3.63, 3.8) is 0 Å². The highest BCUT2D eigenvalue weighted by molar-refractivity contribution is 5.98. The minimum Gasteiger partial charge on any atom is -0.398 e. The quantitative estimate of drug-likeness (QED) is 0.839. The van der Waals surface area contributed by atoms with Crippen LogP contribution in [0.1, 0.15) is 12.8 Å². The van der Waals surface area contributed by atoms with Gasteiger partial charge < -0.3 is 20.5 Å². The molecule has 21 heavy (non-hydrogen) atoms. The lowest BCUT2D eigenvalue weighted by Crippen LogP contribution is -2.37. The number of rotatable bonds is 4. The molecule has 0 bridgehead atoms. The number of pyridine rings is 1. The Kier molecular flexibility index (Phi) is 4.22. The number of benzene rings is 1. The highest BCUT2D eigenvalue weighted by Gasteiger charge is 2.21. The molecule has 1 aromatic heterocycles. The molecule has 1 fully saturated rings. The molecule has 0 atom stereocenters. The summed E-state index contributed by atoms with van der Waals surface area (Å²) in [5, 5.41) is 9.82. The summed E-state index contributed by atoms with van der Waals surface area (Å²) in [5.41, 5.74) is 8.90. The second-order valence-electron chi connectivity index (χ2n) is 5.35. The molecule has 5 heteroatoms. The molecule has 1 aliphatic heterocycles. The number of anilines is 2. The van der Waals surface area contributed by atoms with Gasteiger partial charge in [-0.2, -0.15) is 0 Å². The maximum absolute atomic E-state index is 8.82. The van der Waals surface area contributed by atoms with E-state index >= 15 is 0 Å². The molecule has 2 aromatic rings. The number of hydrogen-bond donors (Lipinski definition) is 2. The van der Waals surface area contributed by atoms with Crippen molar-refractivity contribution in [2.45, 2.75) is 18.9 Å². The van der Waals surface area contributed by atoms with Crippen LogP contribution in [0, 0.1) is 0 Å². The monoisotopic (exact) mass is 287 g/mol. The fraction of sp³-hybridized carbons (Fsp3) is 0.438. The molecule has 0 saturated carbocycles. The van der Waals surface area contributed by atoms with E-state index in [1.165, 1.54) is 0 Å². The van der Waals surface area contributed by atoms with Gasteiger partial charge in [0, 0.05) is 30.4 Å². The number of nitrogen functional groups attached to an aromatic ring is 1. The summed E-state index contributed by atoms with van der Waals surface area (Å²) < 4.78 is 5.61. The lowest BCUT2D eigenvalue weighted by atomic mass is 10.1. The van der Waals surface area contributed by atoms with E-state index in [9.17, 15) is 0 Å². The Hall–Kier alpha value is -1.85. The van der Waals surface area contributed by atoms with Gasteiger partial charge in [-0.3, -0.25) is 4.98 Å². The van der Waals surface area contributed by atoms with Crippen molar-refractivity contribution >= 4 is 22.3 Å². The Morgan fingerprint density at radius 1 is 1.29 bits per heavy atom. The molecule has 1 saturated heterocycles. The first kappa shape index (κ1) is 14.1. The van der Waals surface area contributed by atoms with Gasteiger partial charge in [0.15, 0.2) is 0 Å². The van der Waals surface area contributed by atoms with Crippen LogP contribution in [0.4, 0.5) is 11.4 Å². The van der Waals surface area contributed by atoms with Crippen LogP contribution in [-0.4, -0.2) is 42.5 Å². The van der Waals surface area contributed by atoms with Crippen molar-refractivity contribution in [3.05, 3.63) is 30.5 Å². The van der Waals surface area contributed by atoms with E-state index in [1.54, 1.807) is 0 Å². The number of nitrogens with two attached hydrogens (primary N) is 1. The van der Waals surface area contributed by atoms with Crippen LogP contribution in [0.15, 0.2) is 30.5 Å². The molecule has 3 rings (SSSR count). The number of piperidine rings is 1. The van der Waals surface area contributed by atoms with E-state index in [1.807, 2.05) is 24.4 Å². The van der Waals surface area contributed by atoms with Gasteiger partial charge >= 0.3 is 0 Å². The van der Waals surface area contributed by atoms with E-state index in [2.05, 4.69) is 16.0 Å². The molecule has 5 nitrogen and oxygen atoms in total. The molecule has 2 heterocycles. The first-order valence-corrected chi connectivity index (χ1v) is 7.40. The zero-order valence-electron chi connectivity index (χ0n) is 12.0. The molecule has 1 aromatic carbocycles. The van der Waals surface area contributed by atoms with E-state index < -0.39 is 0 Å². The summed E-state index contributed by atoms with van der Waals surface area (Å²) in [6.07, 6.45) is 4.00. The smallest absolute Gasteiger partial charge is 0.0955 e. The molecule has 0 amide bonds. The van der Waals surface area contributed by atoms with Crippen molar-refractivity contribution in [1.82, 2.24) is 4.98 Å². The summed E-state index contributed by atoms with van der Waals surface area (Å²) in [4.78, 5) is 6.84. The number of fused-ring (bicyclic) bond motifs is 1. The number of aliphatic hydroxyl groups is 1. The molecule has 0 aliphatic carbocycles. The van der Waals surface area contributed by atoms with Crippen molar-refractivity contribution in [2.24, 2.45) is 0 Å². The predicted octanol–water partition coefficient (Wildman–Crippen LogP) is 1.79. The minimum atomic E-state index is 0.0900. The third-order valence-electron chi connectivity index (χ3n) is 4.01. The summed E-state index contributed by atoms with van der Waals surface area (Å²) in [6.45, 7) is 2.39. The zero-order chi connectivity index (χ0) is 14.7. The highest BCUT2D eigenvalue weighted by atomic mass is 16.5. The fourth-order valence-corrected chi connectivity index (χ4v) is 2.92. The van der Waals surface area contributed by atoms with Crippen molar-refractivity contribution in [1.29, 1.82) is 0 Å². The number of hydrogen-bond acceptors (Lipinski definition) is 5. The lowest BCUT2D eigenvalue weighted by molar-refractivity contribution is 0.0159. The Morgan fingerprint density at radius 3 is 2.86 bits per heavy atom. The van der Waals surface area contributed by atoms with Crippen molar-refractivity contribution < 1.29 is 9.84 Å². The molecule has 3 N–H and O–H groups in total. The average Bonchev–Trinajstić information content (AvgIpc) is 2.54. The maximum Gasteiger partial charge on any atom is 0.0955 e. The SMILES string of the molecule is Nc1ccc(N2CCC(OCCO)CC2)c2ncccc12. The molecule has 1 aliphatic rings. The van der Waals surface area contributed by atoms with Crippen LogP contribution in [-0.2, 0) is 4.74 Å². The van der Waals surface area contributed by atoms with Gasteiger partial charge in [-0.25, -0.2) is 0 Å². The largest absolute Gasteiger partial charge is 0.398 e. The molecule has 0 radical (unpaired) electrons. The van der Waals surface area contributed by atoms with Gasteiger partial charge in [0.25, 0.3) is 0 Å². The summed E-state index contributed by atoms with van der Waals surface area (Å²) >= 11 is 0. The Labute approximate surface area is 124 Å². The second kappa shape index (κ2) is 6.28. The number of nitrogens with zero attached hydrogens (tertiary/aromatic N) is 2. The predicted molar refractivity (Wildman–Crippen MR) is 84.4 cm³/mol. The number of ether oxygens (including phenoxy) is 1. The number of aliphatic hydroxyl groups excluding tert-OH is 1. The summed E-state index contributed by atoms with van der Waals surface area (Å²) in [7, 11) is 0. The third-order valence-corrected chi connectivity index (χ3v) is 4.01.